The van der Waals surface area contributed by atoms with Gasteiger partial charge in [0.25, 0.3) is 0 Å². The lowest BCUT2D eigenvalue weighted by Gasteiger charge is -1.86. The van der Waals surface area contributed by atoms with E-state index in [9.17, 15) is 0 Å². The summed E-state index contributed by atoms with van der Waals surface area (Å²) in [5, 5.41) is 0. The summed E-state index contributed by atoms with van der Waals surface area (Å²) in [6.07, 6.45) is 0. The van der Waals surface area contributed by atoms with Gasteiger partial charge in [0.2, 0.25) is 0 Å². The molecule has 0 saturated carbocycles. The van der Waals surface area contributed by atoms with Gasteiger partial charge in [0.05, 0.1) is 0 Å². The normalized spacial score (nSPS) is 6.00. The number of hydrogen-bond acceptors (Lipinski definition) is 1. The van der Waals surface area contributed by atoms with Gasteiger partial charge >= 0.3 is 0 Å². The van der Waals surface area contributed by atoms with Gasteiger partial charge in [-0.2, -0.15) is 27.0 Å². The lowest BCUT2D eigenvalue weighted by atomic mass is 10.8. The van der Waals surface area contributed by atoms with Gasteiger partial charge < -0.3 is 4.74 Å². The van der Waals surface area contributed by atoms with Crippen molar-refractivity contribution in [2.75, 3.05) is 13.2 Å². The molecule has 0 aromatic rings. The van der Waals surface area contributed by atoms with Crippen LogP contribution < -0.4 is 0 Å². The lowest BCUT2D eigenvalue weighted by molar-refractivity contribution is 0.162. The quantitative estimate of drug-likeness (QED) is 0.564. The average Bonchev–Trinajstić information content (AvgIpc) is 1.41. The molecule has 7 heavy (non-hydrogen) atoms. The summed E-state index contributed by atoms with van der Waals surface area (Å²) in [5.74, 6) is 0. The van der Waals surface area contributed by atoms with Crippen molar-refractivity contribution in [1.82, 2.24) is 0 Å². The van der Waals surface area contributed by atoms with Crippen molar-refractivity contribution in [2.24, 2.45) is 0 Å². The summed E-state index contributed by atoms with van der Waals surface area (Å²) >= 11 is 0. The Bertz CT molecular complexity index is 17.2. The molecule has 0 atom stereocenters. The van der Waals surface area contributed by atoms with Crippen molar-refractivity contribution in [2.45, 2.75) is 13.8 Å². The highest BCUT2D eigenvalue weighted by molar-refractivity contribution is 7.59. The highest BCUT2D eigenvalue weighted by atomic mass is 32.1. The van der Waals surface area contributed by atoms with Gasteiger partial charge in [-0.05, 0) is 13.8 Å². The molecular weight excluding hydrogens is 128 g/mol. The zero-order chi connectivity index (χ0) is 4.12. The highest BCUT2D eigenvalue weighted by Crippen LogP contribution is 1.64. The van der Waals surface area contributed by atoms with Crippen molar-refractivity contribution in [3.8, 4) is 0 Å². The maximum absolute atomic E-state index is 4.83. The Morgan fingerprint density at radius 1 is 1.00 bits per heavy atom. The summed E-state index contributed by atoms with van der Waals surface area (Å²) in [7, 11) is 0. The zero-order valence-corrected chi connectivity index (χ0v) is 6.82. The predicted molar refractivity (Wildman–Crippen MR) is 42.9 cm³/mol. The minimum atomic E-state index is 0. The third-order valence-corrected chi connectivity index (χ3v) is 0.408. The van der Waals surface area contributed by atoms with Crippen molar-refractivity contribution >= 4 is 27.0 Å². The van der Waals surface area contributed by atoms with Crippen LogP contribution >= 0.6 is 27.0 Å². The van der Waals surface area contributed by atoms with E-state index in [0.717, 1.165) is 13.2 Å². The monoisotopic (exact) mass is 142 g/mol. The minimum Gasteiger partial charge on any atom is -0.382 e. The molecule has 0 amide bonds. The molecule has 0 aliphatic carbocycles. The van der Waals surface area contributed by atoms with E-state index < -0.39 is 0 Å². The molecule has 0 rings (SSSR count). The van der Waals surface area contributed by atoms with Gasteiger partial charge in [-0.1, -0.05) is 0 Å². The molecule has 0 aliphatic heterocycles. The maximum atomic E-state index is 4.83. The van der Waals surface area contributed by atoms with Crippen LogP contribution in [0, 0.1) is 0 Å². The van der Waals surface area contributed by atoms with E-state index in [1.54, 1.807) is 0 Å². The van der Waals surface area contributed by atoms with Crippen molar-refractivity contribution < 1.29 is 4.74 Å². The number of hydrogen-bond donors (Lipinski definition) is 0. The molecule has 0 saturated heterocycles. The predicted octanol–water partition coefficient (Wildman–Crippen LogP) is 1.27. The van der Waals surface area contributed by atoms with E-state index in [1.807, 2.05) is 13.8 Å². The molecule has 0 heterocycles. The Morgan fingerprint density at radius 2 is 1.29 bits per heavy atom. The van der Waals surface area contributed by atoms with E-state index in [2.05, 4.69) is 0 Å². The maximum Gasteiger partial charge on any atom is 0.0437 e. The van der Waals surface area contributed by atoms with Crippen LogP contribution in [0.5, 0.6) is 0 Å². The average molecular weight is 142 g/mol. The second-order valence-corrected chi connectivity index (χ2v) is 0.781. The zero-order valence-electron chi connectivity index (χ0n) is 4.82. The summed E-state index contributed by atoms with van der Waals surface area (Å²) in [5.41, 5.74) is 0. The first-order chi connectivity index (χ1) is 2.41. The van der Waals surface area contributed by atoms with E-state index in [1.165, 1.54) is 0 Å². The standard InChI is InChI=1S/C4H10O.2H2S/c1-3-5-4-2;;/h3-4H2,1-2H3;2*1H2. The molecule has 3 heteroatoms. The Labute approximate surface area is 59.3 Å². The Balaban J connectivity index is -0.0000000800. The van der Waals surface area contributed by atoms with Gasteiger partial charge in [-0.3, -0.25) is 0 Å². The first kappa shape index (κ1) is 15.6. The van der Waals surface area contributed by atoms with E-state index in [0.29, 0.717) is 0 Å². The van der Waals surface area contributed by atoms with Gasteiger partial charge in [0.15, 0.2) is 0 Å². The fourth-order valence-electron chi connectivity index (χ4n) is 0.204. The molecule has 0 bridgehead atoms. The molecule has 0 fully saturated rings. The van der Waals surface area contributed by atoms with E-state index in [4.69, 9.17) is 4.74 Å². The molecule has 0 aromatic carbocycles. The molecule has 1 nitrogen and oxygen atoms in total. The Kier molecular flexibility index (Phi) is 35.6. The Hall–Kier alpha value is 0.660. The van der Waals surface area contributed by atoms with Crippen LogP contribution in [0.1, 0.15) is 13.8 Å². The van der Waals surface area contributed by atoms with Gasteiger partial charge in [-0.15, -0.1) is 0 Å². The SMILES string of the molecule is CCOCC.S.S. The molecule has 0 spiro atoms. The highest BCUT2D eigenvalue weighted by Gasteiger charge is 1.64. The summed E-state index contributed by atoms with van der Waals surface area (Å²) in [4.78, 5) is 0. The molecule has 0 aliphatic rings. The largest absolute Gasteiger partial charge is 0.382 e. The molecule has 0 radical (unpaired) electrons. The third kappa shape index (κ3) is 20.4. The summed E-state index contributed by atoms with van der Waals surface area (Å²) in [6.45, 7) is 5.67. The van der Waals surface area contributed by atoms with Crippen molar-refractivity contribution in [3.63, 3.8) is 0 Å². The topological polar surface area (TPSA) is 9.23 Å². The smallest absolute Gasteiger partial charge is 0.0437 e. The summed E-state index contributed by atoms with van der Waals surface area (Å²) in [6, 6.07) is 0. The molecule has 0 unspecified atom stereocenters. The number of rotatable bonds is 2. The van der Waals surface area contributed by atoms with Gasteiger partial charge in [-0.25, -0.2) is 0 Å². The molecular formula is C4H14OS2. The van der Waals surface area contributed by atoms with Crippen LogP contribution in [0.2, 0.25) is 0 Å². The Morgan fingerprint density at radius 3 is 1.29 bits per heavy atom. The van der Waals surface area contributed by atoms with Crippen molar-refractivity contribution in [1.29, 1.82) is 0 Å². The molecule has 0 N–H and O–H groups in total. The van der Waals surface area contributed by atoms with E-state index >= 15 is 0 Å². The van der Waals surface area contributed by atoms with Crippen LogP contribution in [-0.2, 0) is 4.74 Å². The minimum absolute atomic E-state index is 0. The third-order valence-electron chi connectivity index (χ3n) is 0.408. The second kappa shape index (κ2) is 15.9. The van der Waals surface area contributed by atoms with E-state index in [-0.39, 0.29) is 27.0 Å². The fraction of sp³-hybridized carbons (Fsp3) is 1.00. The van der Waals surface area contributed by atoms with Crippen LogP contribution in [0.3, 0.4) is 0 Å². The van der Waals surface area contributed by atoms with Gasteiger partial charge in [0.1, 0.15) is 0 Å². The number of ether oxygens (including phenoxy) is 1. The first-order valence-corrected chi connectivity index (χ1v) is 1.99. The second-order valence-electron chi connectivity index (χ2n) is 0.781. The molecule has 48 valence electrons. The van der Waals surface area contributed by atoms with Gasteiger partial charge in [0, 0.05) is 13.2 Å². The van der Waals surface area contributed by atoms with Crippen LogP contribution in [0.4, 0.5) is 0 Å². The van der Waals surface area contributed by atoms with Crippen LogP contribution in [0.25, 0.3) is 0 Å². The van der Waals surface area contributed by atoms with Crippen LogP contribution in [-0.4, -0.2) is 13.2 Å². The first-order valence-electron chi connectivity index (χ1n) is 1.99. The fourth-order valence-corrected chi connectivity index (χ4v) is 0.204. The summed E-state index contributed by atoms with van der Waals surface area (Å²) < 4.78 is 4.83. The molecule has 0 aromatic heterocycles. The van der Waals surface area contributed by atoms with Crippen molar-refractivity contribution in [3.05, 3.63) is 0 Å². The van der Waals surface area contributed by atoms with Crippen LogP contribution in [0.15, 0.2) is 0 Å². The lowest BCUT2D eigenvalue weighted by Crippen LogP contribution is -1.84.